The molecule has 2 aliphatic heterocycles. The van der Waals surface area contributed by atoms with Gasteiger partial charge in [-0.25, -0.2) is 4.79 Å². The van der Waals surface area contributed by atoms with Crippen LogP contribution in [0.3, 0.4) is 0 Å². The van der Waals surface area contributed by atoms with E-state index in [9.17, 15) is 24.0 Å². The van der Waals surface area contributed by atoms with Gasteiger partial charge in [-0.1, -0.05) is 6.42 Å². The summed E-state index contributed by atoms with van der Waals surface area (Å²) in [6, 6.07) is 0.353. The van der Waals surface area contributed by atoms with E-state index in [1.54, 1.807) is 0 Å². The number of thioether (sulfide) groups is 1. The predicted octanol–water partition coefficient (Wildman–Crippen LogP) is 0.129. The van der Waals surface area contributed by atoms with Crippen LogP contribution in [0.4, 0.5) is 4.79 Å². The van der Waals surface area contributed by atoms with Gasteiger partial charge in [-0.3, -0.25) is 9.59 Å². The molecule has 0 unspecified atom stereocenters. The third-order valence-electron chi connectivity index (χ3n) is 5.19. The van der Waals surface area contributed by atoms with Crippen LogP contribution in [0.15, 0.2) is 0 Å². The maximum atomic E-state index is 11.9. The summed E-state index contributed by atoms with van der Waals surface area (Å²) in [6.07, 6.45) is 5.11. The van der Waals surface area contributed by atoms with Gasteiger partial charge in [0.15, 0.2) is 0 Å². The zero-order valence-electron chi connectivity index (χ0n) is 16.5. The fraction of sp³-hybridized carbons (Fsp3) is 0.737. The highest BCUT2D eigenvalue weighted by Gasteiger charge is 2.42. The minimum atomic E-state index is -0.610. The summed E-state index contributed by atoms with van der Waals surface area (Å²) >= 11 is 1.87. The Kier molecular flexibility index (Phi) is 9.96. The van der Waals surface area contributed by atoms with Crippen LogP contribution < -0.4 is 21.3 Å². The molecule has 0 bridgehead atoms. The van der Waals surface area contributed by atoms with Gasteiger partial charge in [0.1, 0.15) is 12.6 Å². The molecule has 0 aromatic heterocycles. The average Bonchev–Trinajstić information content (AvgIpc) is 3.24. The molecule has 0 radical (unpaired) electrons. The van der Waals surface area contributed by atoms with Gasteiger partial charge in [0.05, 0.1) is 18.0 Å². The molecule has 4 amide bonds. The van der Waals surface area contributed by atoms with E-state index in [1.807, 2.05) is 11.8 Å². The normalized spacial score (nSPS) is 22.5. The molecule has 2 aliphatic rings. The van der Waals surface area contributed by atoms with E-state index in [2.05, 4.69) is 21.3 Å². The number of nitrogens with one attached hydrogen (secondary N) is 4. The molecule has 0 spiro atoms. The van der Waals surface area contributed by atoms with Gasteiger partial charge in [-0.15, -0.1) is 0 Å². The molecule has 0 aliphatic carbocycles. The fourth-order valence-electron chi connectivity index (χ4n) is 3.58. The van der Waals surface area contributed by atoms with Crippen LogP contribution in [0.25, 0.3) is 0 Å². The Bertz CT molecular complexity index is 593. The second kappa shape index (κ2) is 12.5. The van der Waals surface area contributed by atoms with Crippen LogP contribution in [-0.2, 0) is 19.2 Å². The van der Waals surface area contributed by atoms with Gasteiger partial charge in [0, 0.05) is 43.4 Å². The molecule has 0 aromatic carbocycles. The Balaban J connectivity index is 1.48. The molecular weight excluding hydrogens is 396 g/mol. The first-order chi connectivity index (χ1) is 14.0. The average molecular weight is 427 g/mol. The number of amides is 4. The minimum Gasteiger partial charge on any atom is -0.356 e. The topological polar surface area (TPSA) is 133 Å². The summed E-state index contributed by atoms with van der Waals surface area (Å²) in [5.41, 5.74) is 0. The number of rotatable bonds is 14. The van der Waals surface area contributed by atoms with Crippen molar-refractivity contribution >= 4 is 42.2 Å². The lowest BCUT2D eigenvalue weighted by Crippen LogP contribution is -2.36. The maximum Gasteiger partial charge on any atom is 0.315 e. The number of carbonyl (C=O) groups excluding carboxylic acids is 5. The van der Waals surface area contributed by atoms with E-state index in [-0.39, 0.29) is 42.8 Å². The summed E-state index contributed by atoms with van der Waals surface area (Å²) in [5.74, 6) is 0.0113. The molecular formula is C19H30N4O5S. The minimum absolute atomic E-state index is 0.0103. The lowest BCUT2D eigenvalue weighted by atomic mass is 10.0. The molecule has 10 heteroatoms. The van der Waals surface area contributed by atoms with Crippen molar-refractivity contribution in [3.8, 4) is 0 Å². The highest BCUT2D eigenvalue weighted by Crippen LogP contribution is 2.33. The molecule has 2 heterocycles. The van der Waals surface area contributed by atoms with Crippen LogP contribution in [0.5, 0.6) is 0 Å². The van der Waals surface area contributed by atoms with Crippen LogP contribution in [0, 0.1) is 5.92 Å². The summed E-state index contributed by atoms with van der Waals surface area (Å²) in [4.78, 5) is 56.2. The van der Waals surface area contributed by atoms with Crippen molar-refractivity contribution in [3.05, 3.63) is 0 Å². The van der Waals surface area contributed by atoms with Crippen LogP contribution in [-0.4, -0.2) is 66.6 Å². The molecule has 2 fully saturated rings. The Morgan fingerprint density at radius 1 is 1.07 bits per heavy atom. The van der Waals surface area contributed by atoms with Gasteiger partial charge in [0.25, 0.3) is 0 Å². The highest BCUT2D eigenvalue weighted by atomic mass is 32.2. The number of unbranched alkanes of at least 4 members (excludes halogenated alkanes) is 1. The van der Waals surface area contributed by atoms with E-state index >= 15 is 0 Å². The van der Waals surface area contributed by atoms with Crippen molar-refractivity contribution in [1.82, 2.24) is 21.3 Å². The number of fused-ring (bicyclic) bond motifs is 1. The summed E-state index contributed by atoms with van der Waals surface area (Å²) in [7, 11) is 0. The Labute approximate surface area is 174 Å². The standard InChI is InChI=1S/C19H30N4O5S/c24-10-6-13(7-11-25)18(27)21-9-3-8-20-16(26)5-2-1-4-15-17-14(12-29-15)22-19(28)23-17/h10-11,13-15,17H,1-9,12H2,(H,20,26)(H,21,27)(H2,22,23,28)/t14-,15-,17-/m0/s1. The van der Waals surface area contributed by atoms with Gasteiger partial charge in [-0.2, -0.15) is 11.8 Å². The van der Waals surface area contributed by atoms with E-state index in [4.69, 9.17) is 0 Å². The summed E-state index contributed by atoms with van der Waals surface area (Å²) < 4.78 is 0. The van der Waals surface area contributed by atoms with E-state index < -0.39 is 5.92 Å². The quantitative estimate of drug-likeness (QED) is 0.177. The molecule has 0 saturated carbocycles. The van der Waals surface area contributed by atoms with Crippen molar-refractivity contribution < 1.29 is 24.0 Å². The zero-order chi connectivity index (χ0) is 21.1. The lowest BCUT2D eigenvalue weighted by molar-refractivity contribution is -0.128. The molecule has 0 aromatic rings. The highest BCUT2D eigenvalue weighted by molar-refractivity contribution is 8.00. The molecule has 29 heavy (non-hydrogen) atoms. The molecule has 162 valence electrons. The van der Waals surface area contributed by atoms with Crippen LogP contribution in [0.2, 0.25) is 0 Å². The van der Waals surface area contributed by atoms with Gasteiger partial charge in [-0.05, 0) is 19.3 Å². The number of hydrogen-bond donors (Lipinski definition) is 4. The molecule has 9 nitrogen and oxygen atoms in total. The van der Waals surface area contributed by atoms with E-state index in [0.29, 0.717) is 43.8 Å². The third kappa shape index (κ3) is 7.68. The monoisotopic (exact) mass is 426 g/mol. The van der Waals surface area contributed by atoms with Crippen LogP contribution >= 0.6 is 11.8 Å². The lowest BCUT2D eigenvalue weighted by Gasteiger charge is -2.16. The second-order valence-electron chi connectivity index (χ2n) is 7.36. The van der Waals surface area contributed by atoms with E-state index in [1.165, 1.54) is 0 Å². The third-order valence-corrected chi connectivity index (χ3v) is 6.70. The van der Waals surface area contributed by atoms with Crippen LogP contribution in [0.1, 0.15) is 44.9 Å². The van der Waals surface area contributed by atoms with Crippen molar-refractivity contribution in [1.29, 1.82) is 0 Å². The zero-order valence-corrected chi connectivity index (χ0v) is 17.3. The van der Waals surface area contributed by atoms with Gasteiger partial charge >= 0.3 is 6.03 Å². The van der Waals surface area contributed by atoms with Gasteiger partial charge in [0.2, 0.25) is 11.8 Å². The van der Waals surface area contributed by atoms with Gasteiger partial charge < -0.3 is 30.9 Å². The second-order valence-corrected chi connectivity index (χ2v) is 8.64. The predicted molar refractivity (Wildman–Crippen MR) is 109 cm³/mol. The SMILES string of the molecule is O=CCC(CC=O)C(=O)NCCCNC(=O)CCCC[C@@H]1SC[C@@H]2NC(=O)N[C@@H]21. The maximum absolute atomic E-state index is 11.9. The molecule has 4 N–H and O–H groups in total. The van der Waals surface area contributed by atoms with Crippen molar-refractivity contribution in [2.75, 3.05) is 18.8 Å². The fourth-order valence-corrected chi connectivity index (χ4v) is 5.12. The Hall–Kier alpha value is -2.10. The van der Waals surface area contributed by atoms with E-state index in [0.717, 1.165) is 25.0 Å². The van der Waals surface area contributed by atoms with Crippen molar-refractivity contribution in [2.24, 2.45) is 5.92 Å². The smallest absolute Gasteiger partial charge is 0.315 e. The first kappa shape index (κ1) is 23.2. The summed E-state index contributed by atoms with van der Waals surface area (Å²) in [6.45, 7) is 0.847. The summed E-state index contributed by atoms with van der Waals surface area (Å²) in [5, 5.41) is 11.8. The molecule has 2 rings (SSSR count). The molecule has 3 atom stereocenters. The Morgan fingerprint density at radius 3 is 2.52 bits per heavy atom. The largest absolute Gasteiger partial charge is 0.356 e. The first-order valence-corrected chi connectivity index (χ1v) is 11.2. The number of urea groups is 1. The number of carbonyl (C=O) groups is 5. The first-order valence-electron chi connectivity index (χ1n) is 10.2. The van der Waals surface area contributed by atoms with Crippen molar-refractivity contribution in [3.63, 3.8) is 0 Å². The number of aldehydes is 2. The Morgan fingerprint density at radius 2 is 1.79 bits per heavy atom. The van der Waals surface area contributed by atoms with Crippen molar-refractivity contribution in [2.45, 2.75) is 62.3 Å². The molecule has 2 saturated heterocycles. The number of hydrogen-bond acceptors (Lipinski definition) is 6.